The van der Waals surface area contributed by atoms with Gasteiger partial charge in [0.05, 0.1) is 17.9 Å². The number of halogens is 1. The summed E-state index contributed by atoms with van der Waals surface area (Å²) in [5.41, 5.74) is 2.78. The van der Waals surface area contributed by atoms with Gasteiger partial charge < -0.3 is 10.2 Å². The number of pyridine rings is 1. The quantitative estimate of drug-likeness (QED) is 0.295. The number of fused-ring (bicyclic) bond motifs is 1. The van der Waals surface area contributed by atoms with E-state index in [9.17, 15) is 13.2 Å². The second-order valence-corrected chi connectivity index (χ2v) is 13.4. The molecule has 0 saturated carbocycles. The number of aromatic nitrogens is 5. The maximum absolute atomic E-state index is 11.8. The molecular formula is C28H32ClN7O3S. The Hall–Kier alpha value is -3.57. The number of benzene rings is 1. The van der Waals surface area contributed by atoms with Gasteiger partial charge in [-0.3, -0.25) is 9.48 Å². The number of hydrogen-bond donors (Lipinski definition) is 1. The van der Waals surface area contributed by atoms with Crippen molar-refractivity contribution in [1.82, 2.24) is 24.7 Å². The fourth-order valence-electron chi connectivity index (χ4n) is 5.20. The average molecular weight is 582 g/mol. The summed E-state index contributed by atoms with van der Waals surface area (Å²) in [5, 5.41) is 9.78. The lowest BCUT2D eigenvalue weighted by Crippen LogP contribution is -2.57. The highest BCUT2D eigenvalue weighted by molar-refractivity contribution is 7.90. The van der Waals surface area contributed by atoms with Gasteiger partial charge in [0.25, 0.3) is 0 Å². The molecule has 0 bridgehead atoms. The molecule has 12 heteroatoms. The summed E-state index contributed by atoms with van der Waals surface area (Å²) in [5.74, 6) is 2.10. The zero-order valence-electron chi connectivity index (χ0n) is 23.1. The highest BCUT2D eigenvalue weighted by atomic mass is 35.5. The van der Waals surface area contributed by atoms with Gasteiger partial charge in [-0.2, -0.15) is 5.10 Å². The highest BCUT2D eigenvalue weighted by Gasteiger charge is 2.38. The van der Waals surface area contributed by atoms with E-state index in [0.29, 0.717) is 29.6 Å². The van der Waals surface area contributed by atoms with E-state index in [0.717, 1.165) is 16.5 Å². The van der Waals surface area contributed by atoms with E-state index in [1.807, 2.05) is 12.3 Å². The van der Waals surface area contributed by atoms with Gasteiger partial charge in [0.15, 0.2) is 16.8 Å². The molecule has 0 aliphatic carbocycles. The summed E-state index contributed by atoms with van der Waals surface area (Å²) in [6.45, 7) is 8.69. The fourth-order valence-corrected chi connectivity index (χ4v) is 6.59. The number of carbonyl (C=O) groups is 1. The molecule has 5 rings (SSSR count). The van der Waals surface area contributed by atoms with Crippen LogP contribution in [0.4, 0.5) is 17.3 Å². The van der Waals surface area contributed by atoms with Crippen molar-refractivity contribution in [3.63, 3.8) is 0 Å². The topological polar surface area (TPSA) is 123 Å². The largest absolute Gasteiger partial charge is 0.368 e. The monoisotopic (exact) mass is 581 g/mol. The lowest BCUT2D eigenvalue weighted by atomic mass is 9.88. The summed E-state index contributed by atoms with van der Waals surface area (Å²) < 4.78 is 25.1. The second-order valence-electron chi connectivity index (χ2n) is 10.8. The number of Topliss-reactive ketones (excluding diaryl/α,β-unsaturated/α-hetero) is 1. The molecule has 40 heavy (non-hydrogen) atoms. The molecule has 1 aromatic carbocycles. The number of rotatable bonds is 9. The van der Waals surface area contributed by atoms with Crippen LogP contribution in [-0.4, -0.2) is 63.5 Å². The standard InChI is InChI=1S/C28H32ClN7O3S/c1-16(2)20-6-7-24(36-13-19(18(36)4)15-40(5,38)39)22-11-31-26(10-21(20)22)32-25-8-9-30-28(33-25)23-14-35(12-17(3)37)34-27(23)29/h6-11,14,16,18-19H,12-13,15H2,1-5H3,(H,30,31,32,33)/t18-,19-/m1/s1. The fraction of sp³-hybridized carbons (Fsp3) is 0.393. The van der Waals surface area contributed by atoms with Crippen molar-refractivity contribution in [1.29, 1.82) is 0 Å². The maximum atomic E-state index is 11.8. The minimum Gasteiger partial charge on any atom is -0.368 e. The van der Waals surface area contributed by atoms with Gasteiger partial charge in [0.1, 0.15) is 21.5 Å². The molecular weight excluding hydrogens is 550 g/mol. The molecule has 0 spiro atoms. The van der Waals surface area contributed by atoms with E-state index in [1.54, 1.807) is 18.5 Å². The summed E-state index contributed by atoms with van der Waals surface area (Å²) in [4.78, 5) is 27.4. The molecule has 4 aromatic rings. The van der Waals surface area contributed by atoms with Crippen molar-refractivity contribution in [2.45, 2.75) is 46.2 Å². The third-order valence-corrected chi connectivity index (χ3v) is 8.53. The Bertz CT molecular complexity index is 1700. The molecule has 1 aliphatic heterocycles. The Morgan fingerprint density at radius 2 is 1.95 bits per heavy atom. The Labute approximate surface area is 238 Å². The Balaban J connectivity index is 1.44. The van der Waals surface area contributed by atoms with Crippen molar-refractivity contribution in [2.24, 2.45) is 5.92 Å². The van der Waals surface area contributed by atoms with E-state index in [4.69, 9.17) is 16.6 Å². The molecule has 3 aromatic heterocycles. The number of nitrogens with zero attached hydrogens (tertiary/aromatic N) is 6. The molecule has 1 saturated heterocycles. The molecule has 210 valence electrons. The van der Waals surface area contributed by atoms with Crippen molar-refractivity contribution in [3.05, 3.63) is 53.6 Å². The highest BCUT2D eigenvalue weighted by Crippen LogP contribution is 2.39. The van der Waals surface area contributed by atoms with Crippen LogP contribution >= 0.6 is 11.6 Å². The maximum Gasteiger partial charge on any atom is 0.166 e. The first-order valence-electron chi connectivity index (χ1n) is 13.1. The van der Waals surface area contributed by atoms with Crippen LogP contribution in [0, 0.1) is 5.92 Å². The van der Waals surface area contributed by atoms with E-state index in [1.165, 1.54) is 23.4 Å². The molecule has 4 heterocycles. The van der Waals surface area contributed by atoms with E-state index >= 15 is 0 Å². The Morgan fingerprint density at radius 1 is 1.18 bits per heavy atom. The van der Waals surface area contributed by atoms with Crippen molar-refractivity contribution in [2.75, 3.05) is 28.8 Å². The number of hydrogen-bond acceptors (Lipinski definition) is 9. The number of sulfone groups is 1. The predicted octanol–water partition coefficient (Wildman–Crippen LogP) is 4.87. The molecule has 2 atom stereocenters. The summed E-state index contributed by atoms with van der Waals surface area (Å²) >= 11 is 6.31. The molecule has 10 nitrogen and oxygen atoms in total. The number of anilines is 3. The zero-order valence-corrected chi connectivity index (χ0v) is 24.7. The third kappa shape index (κ3) is 5.80. The summed E-state index contributed by atoms with van der Waals surface area (Å²) in [6.07, 6.45) is 6.44. The van der Waals surface area contributed by atoms with E-state index < -0.39 is 9.84 Å². The number of carbonyl (C=O) groups excluding carboxylic acids is 1. The van der Waals surface area contributed by atoms with Gasteiger partial charge in [-0.15, -0.1) is 0 Å². The van der Waals surface area contributed by atoms with Crippen LogP contribution in [0.2, 0.25) is 5.15 Å². The van der Waals surface area contributed by atoms with Gasteiger partial charge >= 0.3 is 0 Å². The van der Waals surface area contributed by atoms with E-state index in [2.05, 4.69) is 58.2 Å². The van der Waals surface area contributed by atoms with Gasteiger partial charge in [0, 0.05) is 54.4 Å². The molecule has 1 aliphatic rings. The normalized spacial score (nSPS) is 17.3. The van der Waals surface area contributed by atoms with Crippen LogP contribution in [0.1, 0.15) is 39.2 Å². The van der Waals surface area contributed by atoms with Crippen LogP contribution in [-0.2, 0) is 21.2 Å². The third-order valence-electron chi connectivity index (χ3n) is 7.22. The van der Waals surface area contributed by atoms with Crippen LogP contribution in [0.5, 0.6) is 0 Å². The van der Waals surface area contributed by atoms with Gasteiger partial charge in [-0.05, 0) is 48.9 Å². The first kappa shape index (κ1) is 28.0. The van der Waals surface area contributed by atoms with Crippen LogP contribution < -0.4 is 10.2 Å². The van der Waals surface area contributed by atoms with Gasteiger partial charge in [-0.1, -0.05) is 31.5 Å². The molecule has 0 unspecified atom stereocenters. The molecule has 1 N–H and O–H groups in total. The molecule has 0 amide bonds. The summed E-state index contributed by atoms with van der Waals surface area (Å²) in [6, 6.07) is 8.14. The lowest BCUT2D eigenvalue weighted by Gasteiger charge is -2.48. The van der Waals surface area contributed by atoms with Gasteiger partial charge in [-0.25, -0.2) is 23.4 Å². The van der Waals surface area contributed by atoms with Crippen LogP contribution in [0.25, 0.3) is 22.2 Å². The number of nitrogens with one attached hydrogen (secondary N) is 1. The summed E-state index contributed by atoms with van der Waals surface area (Å²) in [7, 11) is -3.03. The smallest absolute Gasteiger partial charge is 0.166 e. The molecule has 0 radical (unpaired) electrons. The van der Waals surface area contributed by atoms with Gasteiger partial charge in [0.2, 0.25) is 0 Å². The number of ketones is 1. The zero-order chi connectivity index (χ0) is 28.8. The minimum absolute atomic E-state index is 0.0364. The Kier molecular flexibility index (Phi) is 7.54. The lowest BCUT2D eigenvalue weighted by molar-refractivity contribution is -0.117. The minimum atomic E-state index is -3.03. The van der Waals surface area contributed by atoms with Crippen LogP contribution in [0.3, 0.4) is 0 Å². The van der Waals surface area contributed by atoms with Crippen molar-refractivity contribution in [3.8, 4) is 11.4 Å². The van der Waals surface area contributed by atoms with E-state index in [-0.39, 0.29) is 41.1 Å². The van der Waals surface area contributed by atoms with Crippen molar-refractivity contribution >= 4 is 55.3 Å². The Morgan fingerprint density at radius 3 is 2.62 bits per heavy atom. The first-order valence-corrected chi connectivity index (χ1v) is 15.5. The predicted molar refractivity (Wildman–Crippen MR) is 158 cm³/mol. The second kappa shape index (κ2) is 10.8. The SMILES string of the molecule is CC(=O)Cn1cc(-c2nccc(Nc3cc4c(C(C)C)ccc(N5C[C@H](CS(C)(=O)=O)[C@H]5C)c4cn3)n2)c(Cl)n1. The van der Waals surface area contributed by atoms with Crippen LogP contribution in [0.15, 0.2) is 42.9 Å². The average Bonchev–Trinajstić information content (AvgIpc) is 3.24. The first-order chi connectivity index (χ1) is 18.9. The van der Waals surface area contributed by atoms with Crippen molar-refractivity contribution < 1.29 is 13.2 Å². The molecule has 1 fully saturated rings.